The third kappa shape index (κ3) is 4.46. The summed E-state index contributed by atoms with van der Waals surface area (Å²) in [5, 5.41) is 12.8. The summed E-state index contributed by atoms with van der Waals surface area (Å²) < 4.78 is 45.1. The summed E-state index contributed by atoms with van der Waals surface area (Å²) in [7, 11) is 1.82. The number of nitrogens with one attached hydrogen (secondary N) is 1. The van der Waals surface area contributed by atoms with Crippen molar-refractivity contribution in [3.05, 3.63) is 59.4 Å². The molecule has 0 radical (unpaired) electrons. The number of aromatic nitrogens is 2. The first-order chi connectivity index (χ1) is 15.2. The molecule has 2 amide bonds. The van der Waals surface area contributed by atoms with Crippen molar-refractivity contribution in [3.8, 4) is 11.8 Å². The van der Waals surface area contributed by atoms with E-state index in [0.29, 0.717) is 36.7 Å². The number of benzene rings is 1. The van der Waals surface area contributed by atoms with Crippen LogP contribution in [0.5, 0.6) is 5.75 Å². The molecule has 166 valence electrons. The number of nitriles is 1. The van der Waals surface area contributed by atoms with Crippen LogP contribution in [0, 0.1) is 17.2 Å². The zero-order valence-electron chi connectivity index (χ0n) is 17.2. The zero-order chi connectivity index (χ0) is 22.9. The molecule has 0 saturated carbocycles. The van der Waals surface area contributed by atoms with Gasteiger partial charge >= 0.3 is 12.2 Å². The minimum atomic E-state index is -4.37. The van der Waals surface area contributed by atoms with Gasteiger partial charge in [0.25, 0.3) is 0 Å². The fourth-order valence-corrected chi connectivity index (χ4v) is 3.57. The predicted octanol–water partition coefficient (Wildman–Crippen LogP) is 3.68. The molecule has 1 aliphatic rings. The lowest BCUT2D eigenvalue weighted by Crippen LogP contribution is -2.55. The Labute approximate surface area is 182 Å². The fourth-order valence-electron chi connectivity index (χ4n) is 3.57. The quantitative estimate of drug-likeness (QED) is 0.652. The second-order valence-electron chi connectivity index (χ2n) is 7.74. The van der Waals surface area contributed by atoms with Crippen LogP contribution in [-0.2, 0) is 19.8 Å². The van der Waals surface area contributed by atoms with E-state index in [1.807, 2.05) is 13.1 Å². The maximum Gasteiger partial charge on any atom is 0.416 e. The number of fused-ring (bicyclic) bond motifs is 1. The second-order valence-corrected chi connectivity index (χ2v) is 7.74. The standard InChI is InChI=1S/C22H20F3N5O2/c1-29-12-16(7-26)19-6-14(8-27-20(19)29)9-28-21(31)30-10-15(11-30)13-32-18-4-2-17(3-5-18)22(23,24)25/h2-6,8,12,15H,9-11,13H2,1H3,(H,28,31). The zero-order valence-corrected chi connectivity index (χ0v) is 17.2. The van der Waals surface area contributed by atoms with E-state index in [9.17, 15) is 23.2 Å². The number of aryl methyl sites for hydroxylation is 1. The Morgan fingerprint density at radius 3 is 2.69 bits per heavy atom. The van der Waals surface area contributed by atoms with Crippen molar-refractivity contribution in [2.75, 3.05) is 19.7 Å². The van der Waals surface area contributed by atoms with Gasteiger partial charge in [0.1, 0.15) is 17.5 Å². The number of hydrogen-bond donors (Lipinski definition) is 1. The van der Waals surface area contributed by atoms with Crippen molar-refractivity contribution < 1.29 is 22.7 Å². The molecule has 4 rings (SSSR count). The van der Waals surface area contributed by atoms with Crippen LogP contribution in [0.4, 0.5) is 18.0 Å². The Hall–Kier alpha value is -3.74. The highest BCUT2D eigenvalue weighted by Crippen LogP contribution is 2.30. The normalized spacial score (nSPS) is 14.2. The number of halogens is 3. The van der Waals surface area contributed by atoms with Crippen LogP contribution in [0.3, 0.4) is 0 Å². The van der Waals surface area contributed by atoms with Gasteiger partial charge in [0.2, 0.25) is 0 Å². The van der Waals surface area contributed by atoms with E-state index >= 15 is 0 Å². The summed E-state index contributed by atoms with van der Waals surface area (Å²) in [5.41, 5.74) is 1.30. The van der Waals surface area contributed by atoms with E-state index < -0.39 is 11.7 Å². The van der Waals surface area contributed by atoms with E-state index in [4.69, 9.17) is 4.74 Å². The molecule has 7 nitrogen and oxygen atoms in total. The number of amides is 2. The van der Waals surface area contributed by atoms with Crippen LogP contribution in [0.25, 0.3) is 11.0 Å². The van der Waals surface area contributed by atoms with Gasteiger partial charge in [-0.1, -0.05) is 0 Å². The highest BCUT2D eigenvalue weighted by molar-refractivity contribution is 5.83. The molecule has 2 aromatic heterocycles. The fraction of sp³-hybridized carbons (Fsp3) is 0.318. The number of urea groups is 1. The average molecular weight is 443 g/mol. The Balaban J connectivity index is 1.23. The topological polar surface area (TPSA) is 83.2 Å². The Kier molecular flexibility index (Phi) is 5.65. The van der Waals surface area contributed by atoms with Gasteiger partial charge in [0.05, 0.1) is 17.7 Å². The molecule has 0 atom stereocenters. The molecular weight excluding hydrogens is 423 g/mol. The largest absolute Gasteiger partial charge is 0.493 e. The summed E-state index contributed by atoms with van der Waals surface area (Å²) in [6.45, 7) is 1.60. The Morgan fingerprint density at radius 2 is 2.03 bits per heavy atom. The first-order valence-corrected chi connectivity index (χ1v) is 9.91. The van der Waals surface area contributed by atoms with Crippen molar-refractivity contribution in [2.45, 2.75) is 12.7 Å². The lowest BCUT2D eigenvalue weighted by molar-refractivity contribution is -0.137. The van der Waals surface area contributed by atoms with Gasteiger partial charge in [-0.05, 0) is 35.9 Å². The third-order valence-corrected chi connectivity index (χ3v) is 5.35. The predicted molar refractivity (Wildman–Crippen MR) is 110 cm³/mol. The van der Waals surface area contributed by atoms with Gasteiger partial charge in [-0.25, -0.2) is 9.78 Å². The molecule has 1 aliphatic heterocycles. The van der Waals surface area contributed by atoms with Crippen LogP contribution in [0.1, 0.15) is 16.7 Å². The van der Waals surface area contributed by atoms with Gasteiger partial charge < -0.3 is 19.5 Å². The number of carbonyl (C=O) groups excluding carboxylic acids is 1. The number of carbonyl (C=O) groups is 1. The summed E-state index contributed by atoms with van der Waals surface area (Å²) in [5.74, 6) is 0.477. The second kappa shape index (κ2) is 8.42. The maximum absolute atomic E-state index is 12.6. The van der Waals surface area contributed by atoms with E-state index in [2.05, 4.69) is 16.4 Å². The number of ether oxygens (including phenoxy) is 1. The highest BCUT2D eigenvalue weighted by Gasteiger charge is 2.32. The molecular formula is C22H20F3N5O2. The molecule has 32 heavy (non-hydrogen) atoms. The first kappa shape index (κ1) is 21.5. The highest BCUT2D eigenvalue weighted by atomic mass is 19.4. The maximum atomic E-state index is 12.6. The Bertz CT molecular complexity index is 1180. The molecule has 1 N–H and O–H groups in total. The van der Waals surface area contributed by atoms with Crippen LogP contribution < -0.4 is 10.1 Å². The molecule has 1 saturated heterocycles. The molecule has 1 fully saturated rings. The van der Waals surface area contributed by atoms with Crippen LogP contribution in [0.2, 0.25) is 0 Å². The number of nitrogens with zero attached hydrogens (tertiary/aromatic N) is 4. The van der Waals surface area contributed by atoms with E-state index in [1.54, 1.807) is 21.9 Å². The lowest BCUT2D eigenvalue weighted by atomic mass is 10.0. The SMILES string of the molecule is Cn1cc(C#N)c2cc(CNC(=O)N3CC(COc4ccc(C(F)(F)F)cc4)C3)cnc21. The number of pyridine rings is 1. The molecule has 0 bridgehead atoms. The van der Waals surface area contributed by atoms with E-state index in [-0.39, 0.29) is 18.5 Å². The third-order valence-electron chi connectivity index (χ3n) is 5.35. The first-order valence-electron chi connectivity index (χ1n) is 9.91. The van der Waals surface area contributed by atoms with Crippen molar-refractivity contribution in [3.63, 3.8) is 0 Å². The Morgan fingerprint density at radius 1 is 1.31 bits per heavy atom. The molecule has 10 heteroatoms. The summed E-state index contributed by atoms with van der Waals surface area (Å²) in [6, 6.07) is 8.32. The molecule has 1 aromatic carbocycles. The number of likely N-dealkylation sites (tertiary alicyclic amines) is 1. The number of hydrogen-bond acceptors (Lipinski definition) is 4. The minimum absolute atomic E-state index is 0.114. The molecule has 0 aliphatic carbocycles. The number of rotatable bonds is 5. The van der Waals surface area contributed by atoms with Gasteiger partial charge in [-0.2, -0.15) is 18.4 Å². The summed E-state index contributed by atoms with van der Waals surface area (Å²) >= 11 is 0. The minimum Gasteiger partial charge on any atom is -0.493 e. The van der Waals surface area contributed by atoms with Crippen molar-refractivity contribution >= 4 is 17.1 Å². The number of alkyl halides is 3. The van der Waals surface area contributed by atoms with Crippen LogP contribution >= 0.6 is 0 Å². The molecule has 0 unspecified atom stereocenters. The smallest absolute Gasteiger partial charge is 0.416 e. The van der Waals surface area contributed by atoms with Gasteiger partial charge in [-0.15, -0.1) is 0 Å². The molecule has 3 heterocycles. The van der Waals surface area contributed by atoms with Gasteiger partial charge in [0, 0.05) is 50.4 Å². The average Bonchev–Trinajstić information content (AvgIpc) is 3.06. The van der Waals surface area contributed by atoms with Crippen LogP contribution in [-0.4, -0.2) is 40.2 Å². The van der Waals surface area contributed by atoms with E-state index in [1.165, 1.54) is 12.1 Å². The van der Waals surface area contributed by atoms with Crippen molar-refractivity contribution in [1.29, 1.82) is 5.26 Å². The van der Waals surface area contributed by atoms with E-state index in [0.717, 1.165) is 23.1 Å². The molecule has 0 spiro atoms. The van der Waals surface area contributed by atoms with Gasteiger partial charge in [-0.3, -0.25) is 0 Å². The summed E-state index contributed by atoms with van der Waals surface area (Å²) in [4.78, 5) is 18.3. The molecule has 3 aromatic rings. The van der Waals surface area contributed by atoms with Crippen LogP contribution in [0.15, 0.2) is 42.7 Å². The lowest BCUT2D eigenvalue weighted by Gasteiger charge is -2.38. The van der Waals surface area contributed by atoms with Crippen molar-refractivity contribution in [1.82, 2.24) is 19.8 Å². The monoisotopic (exact) mass is 443 g/mol. The van der Waals surface area contributed by atoms with Crippen molar-refractivity contribution in [2.24, 2.45) is 13.0 Å². The summed E-state index contributed by atoms with van der Waals surface area (Å²) in [6.07, 6.45) is -0.991. The van der Waals surface area contributed by atoms with Gasteiger partial charge in [0.15, 0.2) is 0 Å².